The van der Waals surface area contributed by atoms with E-state index in [0.717, 1.165) is 24.0 Å². The molecule has 1 aromatic heterocycles. The third kappa shape index (κ3) is 2.72. The molecule has 20 heavy (non-hydrogen) atoms. The number of hydrogen-bond acceptors (Lipinski definition) is 4. The molecule has 7 heteroatoms. The van der Waals surface area contributed by atoms with Gasteiger partial charge in [0.2, 0.25) is 0 Å². The zero-order chi connectivity index (χ0) is 14.1. The molecule has 1 aliphatic heterocycles. The van der Waals surface area contributed by atoms with Crippen molar-refractivity contribution >= 4 is 21.8 Å². The molecule has 0 N–H and O–H groups in total. The maximum atomic E-state index is 12.0. The molecule has 1 amide bonds. The van der Waals surface area contributed by atoms with Crippen LogP contribution in [0.5, 0.6) is 0 Å². The highest BCUT2D eigenvalue weighted by molar-refractivity contribution is 9.10. The van der Waals surface area contributed by atoms with Crippen LogP contribution in [0.3, 0.4) is 0 Å². The molecule has 0 spiro atoms. The number of aromatic nitrogens is 4. The molecule has 0 radical (unpaired) electrons. The lowest BCUT2D eigenvalue weighted by molar-refractivity contribution is 0.0488. The summed E-state index contributed by atoms with van der Waals surface area (Å²) in [6.45, 7) is 1.51. The molecule has 0 bridgehead atoms. The lowest BCUT2D eigenvalue weighted by Crippen LogP contribution is -2.51. The van der Waals surface area contributed by atoms with Crippen molar-refractivity contribution in [3.63, 3.8) is 0 Å². The Morgan fingerprint density at radius 2 is 2.05 bits per heavy atom. The van der Waals surface area contributed by atoms with Crippen LogP contribution in [0.2, 0.25) is 0 Å². The van der Waals surface area contributed by atoms with E-state index in [1.54, 1.807) is 11.9 Å². The van der Waals surface area contributed by atoms with Gasteiger partial charge in [0.25, 0.3) is 11.7 Å². The summed E-state index contributed by atoms with van der Waals surface area (Å²) >= 11 is 3.42. The smallest absolute Gasteiger partial charge is 0.295 e. The van der Waals surface area contributed by atoms with E-state index >= 15 is 0 Å². The van der Waals surface area contributed by atoms with Crippen molar-refractivity contribution in [1.82, 2.24) is 25.1 Å². The Morgan fingerprint density at radius 1 is 1.35 bits per heavy atom. The predicted molar refractivity (Wildman–Crippen MR) is 76.0 cm³/mol. The minimum Gasteiger partial charge on any atom is -0.335 e. The molecule has 1 fully saturated rings. The average molecular weight is 336 g/mol. The molecular formula is C13H14BrN5O. The van der Waals surface area contributed by atoms with Gasteiger partial charge in [-0.05, 0) is 35.2 Å². The SMILES string of the molecule is Cn1nnc(C(=O)N2CC(Cc3ccc(Br)cc3)C2)n1. The lowest BCUT2D eigenvalue weighted by atomic mass is 9.92. The van der Waals surface area contributed by atoms with E-state index < -0.39 is 0 Å². The van der Waals surface area contributed by atoms with Crippen LogP contribution in [0, 0.1) is 5.92 Å². The summed E-state index contributed by atoms with van der Waals surface area (Å²) in [6, 6.07) is 8.30. The number of tetrazole rings is 1. The van der Waals surface area contributed by atoms with E-state index in [2.05, 4.69) is 43.5 Å². The van der Waals surface area contributed by atoms with Gasteiger partial charge in [0.1, 0.15) is 0 Å². The molecule has 104 valence electrons. The first kappa shape index (κ1) is 13.2. The van der Waals surface area contributed by atoms with Crippen LogP contribution in [-0.2, 0) is 13.5 Å². The van der Waals surface area contributed by atoms with E-state index in [-0.39, 0.29) is 11.7 Å². The molecule has 6 nitrogen and oxygen atoms in total. The molecule has 0 aliphatic carbocycles. The topological polar surface area (TPSA) is 63.9 Å². The van der Waals surface area contributed by atoms with Crippen LogP contribution in [-0.4, -0.2) is 44.1 Å². The fourth-order valence-electron chi connectivity index (χ4n) is 2.33. The van der Waals surface area contributed by atoms with Crippen molar-refractivity contribution in [1.29, 1.82) is 0 Å². The lowest BCUT2D eigenvalue weighted by Gasteiger charge is -2.38. The first-order chi connectivity index (χ1) is 9.61. The highest BCUT2D eigenvalue weighted by atomic mass is 79.9. The summed E-state index contributed by atoms with van der Waals surface area (Å²) < 4.78 is 1.08. The Labute approximate surface area is 124 Å². The summed E-state index contributed by atoms with van der Waals surface area (Å²) in [6.07, 6.45) is 0.991. The van der Waals surface area contributed by atoms with Gasteiger partial charge in [0, 0.05) is 17.6 Å². The van der Waals surface area contributed by atoms with Crippen LogP contribution in [0.1, 0.15) is 16.2 Å². The zero-order valence-electron chi connectivity index (χ0n) is 11.0. The van der Waals surface area contributed by atoms with E-state index in [0.29, 0.717) is 5.92 Å². The molecule has 2 heterocycles. The molecule has 2 aromatic rings. The van der Waals surface area contributed by atoms with Gasteiger partial charge in [-0.15, -0.1) is 10.2 Å². The van der Waals surface area contributed by atoms with Crippen LogP contribution in [0.15, 0.2) is 28.7 Å². The van der Waals surface area contributed by atoms with E-state index in [4.69, 9.17) is 0 Å². The minimum atomic E-state index is -0.134. The first-order valence-corrected chi connectivity index (χ1v) is 7.19. The summed E-state index contributed by atoms with van der Waals surface area (Å²) in [7, 11) is 1.65. The van der Waals surface area contributed by atoms with E-state index in [9.17, 15) is 4.79 Å². The third-order valence-electron chi connectivity index (χ3n) is 3.38. The summed E-state index contributed by atoms with van der Waals surface area (Å²) in [5.41, 5.74) is 1.29. The van der Waals surface area contributed by atoms with Gasteiger partial charge < -0.3 is 4.90 Å². The van der Waals surface area contributed by atoms with Gasteiger partial charge in [0.05, 0.1) is 7.05 Å². The minimum absolute atomic E-state index is 0.134. The number of halogens is 1. The number of carbonyl (C=O) groups is 1. The fraction of sp³-hybridized carbons (Fsp3) is 0.385. The summed E-state index contributed by atoms with van der Waals surface area (Å²) in [5, 5.41) is 11.4. The number of carbonyl (C=O) groups excluding carboxylic acids is 1. The normalized spacial score (nSPS) is 15.2. The number of benzene rings is 1. The Morgan fingerprint density at radius 3 is 2.65 bits per heavy atom. The molecule has 0 atom stereocenters. The van der Waals surface area contributed by atoms with Crippen LogP contribution in [0.25, 0.3) is 0 Å². The van der Waals surface area contributed by atoms with E-state index in [1.165, 1.54) is 10.4 Å². The number of hydrogen-bond donors (Lipinski definition) is 0. The number of nitrogens with zero attached hydrogens (tertiary/aromatic N) is 5. The quantitative estimate of drug-likeness (QED) is 0.847. The third-order valence-corrected chi connectivity index (χ3v) is 3.91. The van der Waals surface area contributed by atoms with Gasteiger partial charge in [-0.3, -0.25) is 4.79 Å². The average Bonchev–Trinajstić information content (AvgIpc) is 2.81. The number of aryl methyl sites for hydroxylation is 1. The maximum Gasteiger partial charge on any atom is 0.295 e. The van der Waals surface area contributed by atoms with Gasteiger partial charge in [-0.1, -0.05) is 28.1 Å². The van der Waals surface area contributed by atoms with Crippen LogP contribution < -0.4 is 0 Å². The monoisotopic (exact) mass is 335 g/mol. The second-order valence-corrected chi connectivity index (χ2v) is 5.92. The summed E-state index contributed by atoms with van der Waals surface area (Å²) in [4.78, 5) is 15.1. The standard InChI is InChI=1S/C13H14BrN5O/c1-18-16-12(15-17-18)13(20)19-7-10(8-19)6-9-2-4-11(14)5-3-9/h2-5,10H,6-8H2,1H3. The molecular weight excluding hydrogens is 322 g/mol. The maximum absolute atomic E-state index is 12.0. The van der Waals surface area contributed by atoms with Gasteiger partial charge >= 0.3 is 0 Å². The molecule has 1 aliphatic rings. The highest BCUT2D eigenvalue weighted by Crippen LogP contribution is 2.22. The van der Waals surface area contributed by atoms with E-state index in [1.807, 2.05) is 12.1 Å². The zero-order valence-corrected chi connectivity index (χ0v) is 12.6. The second kappa shape index (κ2) is 5.32. The second-order valence-electron chi connectivity index (χ2n) is 5.01. The largest absolute Gasteiger partial charge is 0.335 e. The van der Waals surface area contributed by atoms with Crippen LogP contribution in [0.4, 0.5) is 0 Å². The fourth-order valence-corrected chi connectivity index (χ4v) is 2.59. The van der Waals surface area contributed by atoms with Gasteiger partial charge in [-0.2, -0.15) is 4.80 Å². The Balaban J connectivity index is 1.53. The Bertz CT molecular complexity index is 618. The molecule has 1 saturated heterocycles. The van der Waals surface area contributed by atoms with Crippen molar-refractivity contribution in [3.8, 4) is 0 Å². The first-order valence-electron chi connectivity index (χ1n) is 6.39. The number of likely N-dealkylation sites (tertiary alicyclic amines) is 1. The molecule has 3 rings (SSSR count). The van der Waals surface area contributed by atoms with Crippen molar-refractivity contribution in [2.45, 2.75) is 6.42 Å². The van der Waals surface area contributed by atoms with Gasteiger partial charge in [0.15, 0.2) is 0 Å². The van der Waals surface area contributed by atoms with Crippen molar-refractivity contribution in [2.24, 2.45) is 13.0 Å². The van der Waals surface area contributed by atoms with Crippen molar-refractivity contribution in [3.05, 3.63) is 40.1 Å². The predicted octanol–water partition coefficient (Wildman–Crippen LogP) is 1.29. The Hall–Kier alpha value is -1.76. The Kier molecular flexibility index (Phi) is 3.52. The van der Waals surface area contributed by atoms with Gasteiger partial charge in [-0.25, -0.2) is 0 Å². The number of rotatable bonds is 3. The summed E-state index contributed by atoms with van der Waals surface area (Å²) in [5.74, 6) is 0.552. The van der Waals surface area contributed by atoms with Crippen molar-refractivity contribution < 1.29 is 4.79 Å². The van der Waals surface area contributed by atoms with Crippen molar-refractivity contribution in [2.75, 3.05) is 13.1 Å². The highest BCUT2D eigenvalue weighted by Gasteiger charge is 2.33. The molecule has 0 unspecified atom stereocenters. The molecule has 1 aromatic carbocycles. The molecule has 0 saturated carbocycles. The number of amides is 1. The van der Waals surface area contributed by atoms with Crippen LogP contribution >= 0.6 is 15.9 Å².